The van der Waals surface area contributed by atoms with Crippen molar-refractivity contribution in [1.82, 2.24) is 25.0 Å². The summed E-state index contributed by atoms with van der Waals surface area (Å²) in [6.45, 7) is 2.12. The molecule has 6 nitrogen and oxygen atoms in total. The first-order chi connectivity index (χ1) is 13.7. The number of hydrogen-bond donors (Lipinski definition) is 0. The fraction of sp³-hybridized carbons (Fsp3) is 0.182. The van der Waals surface area contributed by atoms with Gasteiger partial charge in [0.15, 0.2) is 0 Å². The summed E-state index contributed by atoms with van der Waals surface area (Å²) >= 11 is 0. The number of hydrogen-bond acceptors (Lipinski definition) is 5. The van der Waals surface area contributed by atoms with Gasteiger partial charge in [0.05, 0.1) is 24.8 Å². The number of nitrogens with zero attached hydrogens (tertiary/aromatic N) is 5. The van der Waals surface area contributed by atoms with Gasteiger partial charge in [-0.05, 0) is 43.0 Å². The van der Waals surface area contributed by atoms with Crippen molar-refractivity contribution in [3.8, 4) is 17.4 Å². The molecule has 1 fully saturated rings. The maximum absolute atomic E-state index is 5.79. The highest BCUT2D eigenvalue weighted by atomic mass is 16.5. The van der Waals surface area contributed by atoms with Crippen molar-refractivity contribution in [2.45, 2.75) is 25.2 Å². The van der Waals surface area contributed by atoms with Gasteiger partial charge in [-0.3, -0.25) is 0 Å². The minimum atomic E-state index is 0.154. The molecule has 2 aromatic carbocycles. The molecule has 0 aliphatic heterocycles. The van der Waals surface area contributed by atoms with Crippen molar-refractivity contribution in [2.24, 2.45) is 0 Å². The third kappa shape index (κ3) is 3.03. The van der Waals surface area contributed by atoms with Crippen LogP contribution >= 0.6 is 0 Å². The summed E-state index contributed by atoms with van der Waals surface area (Å²) in [7, 11) is 0. The number of ether oxygens (including phenoxy) is 1. The molecular weight excluding hydrogens is 350 g/mol. The van der Waals surface area contributed by atoms with Crippen molar-refractivity contribution < 1.29 is 4.74 Å². The zero-order chi connectivity index (χ0) is 19.0. The zero-order valence-electron chi connectivity index (χ0n) is 15.5. The summed E-state index contributed by atoms with van der Waals surface area (Å²) in [6, 6.07) is 17.4. The minimum absolute atomic E-state index is 0.154. The Morgan fingerprint density at radius 1 is 0.821 bits per heavy atom. The Hall–Kier alpha value is -3.54. The topological polar surface area (TPSA) is 65.7 Å². The monoisotopic (exact) mass is 369 g/mol. The summed E-state index contributed by atoms with van der Waals surface area (Å²) in [5.41, 5.74) is 4.84. The van der Waals surface area contributed by atoms with Gasteiger partial charge in [0.25, 0.3) is 0 Å². The first kappa shape index (κ1) is 16.6. The van der Waals surface area contributed by atoms with E-state index in [4.69, 9.17) is 4.74 Å². The molecule has 4 aromatic rings. The predicted molar refractivity (Wildman–Crippen MR) is 105 cm³/mol. The van der Waals surface area contributed by atoms with E-state index in [1.165, 1.54) is 34.3 Å². The summed E-state index contributed by atoms with van der Waals surface area (Å²) in [5.74, 6) is 0.716. The Kier molecular flexibility index (Phi) is 3.90. The van der Waals surface area contributed by atoms with Crippen LogP contribution in [0, 0.1) is 6.92 Å². The van der Waals surface area contributed by atoms with E-state index in [0.717, 1.165) is 0 Å². The second kappa shape index (κ2) is 6.56. The summed E-state index contributed by atoms with van der Waals surface area (Å²) in [6.07, 6.45) is 8.84. The van der Waals surface area contributed by atoms with Gasteiger partial charge in [-0.15, -0.1) is 4.80 Å². The van der Waals surface area contributed by atoms with Gasteiger partial charge in [0.2, 0.25) is 0 Å². The van der Waals surface area contributed by atoms with Crippen LogP contribution in [0.2, 0.25) is 0 Å². The molecule has 0 unspecified atom stereocenters. The third-order valence-electron chi connectivity index (χ3n) is 5.23. The Morgan fingerprint density at radius 2 is 1.39 bits per heavy atom. The lowest BCUT2D eigenvalue weighted by molar-refractivity contribution is 0.440. The molecule has 1 aliphatic carbocycles. The summed E-state index contributed by atoms with van der Waals surface area (Å²) < 4.78 is 5.79. The highest BCUT2D eigenvalue weighted by Crippen LogP contribution is 2.53. The van der Waals surface area contributed by atoms with E-state index in [1.807, 2.05) is 12.1 Å². The van der Waals surface area contributed by atoms with Gasteiger partial charge in [-0.1, -0.05) is 42.0 Å². The molecule has 0 bridgehead atoms. The fourth-order valence-corrected chi connectivity index (χ4v) is 3.50. The number of aromatic nitrogens is 5. The lowest BCUT2D eigenvalue weighted by Gasteiger charge is -2.17. The Morgan fingerprint density at radius 3 is 1.96 bits per heavy atom. The van der Waals surface area contributed by atoms with Crippen LogP contribution < -0.4 is 4.74 Å². The zero-order valence-corrected chi connectivity index (χ0v) is 15.5. The van der Waals surface area contributed by atoms with Gasteiger partial charge in [-0.25, -0.2) is 9.97 Å². The molecule has 1 aliphatic rings. The molecule has 5 rings (SSSR count). The SMILES string of the molecule is Cc1ccc(C2(c3ccc(Oc4ncc(-n5nccn5)cn4)cc3)CC2)cc1. The highest BCUT2D eigenvalue weighted by Gasteiger charge is 2.45. The summed E-state index contributed by atoms with van der Waals surface area (Å²) in [5, 5.41) is 8.11. The molecule has 0 saturated heterocycles. The van der Waals surface area contributed by atoms with Crippen molar-refractivity contribution in [2.75, 3.05) is 0 Å². The average molecular weight is 369 g/mol. The van der Waals surface area contributed by atoms with Crippen LogP contribution in [-0.4, -0.2) is 25.0 Å². The second-order valence-electron chi connectivity index (χ2n) is 7.12. The normalized spacial score (nSPS) is 14.6. The largest absolute Gasteiger partial charge is 0.424 e. The third-order valence-corrected chi connectivity index (χ3v) is 5.23. The highest BCUT2D eigenvalue weighted by molar-refractivity contribution is 5.47. The molecule has 28 heavy (non-hydrogen) atoms. The maximum atomic E-state index is 5.79. The number of aryl methyl sites for hydroxylation is 1. The maximum Gasteiger partial charge on any atom is 0.322 e. The van der Waals surface area contributed by atoms with Crippen molar-refractivity contribution in [3.05, 3.63) is 90.0 Å². The van der Waals surface area contributed by atoms with Crippen LogP contribution in [0.15, 0.2) is 73.3 Å². The Labute approximate surface area is 162 Å². The van der Waals surface area contributed by atoms with Crippen molar-refractivity contribution in [1.29, 1.82) is 0 Å². The molecular formula is C22H19N5O. The molecule has 0 atom stereocenters. The lowest BCUT2D eigenvalue weighted by atomic mass is 9.88. The van der Waals surface area contributed by atoms with E-state index < -0.39 is 0 Å². The minimum Gasteiger partial charge on any atom is -0.424 e. The van der Waals surface area contributed by atoms with Gasteiger partial charge in [-0.2, -0.15) is 10.2 Å². The van der Waals surface area contributed by atoms with Crippen molar-refractivity contribution >= 4 is 0 Å². The van der Waals surface area contributed by atoms with E-state index in [1.54, 1.807) is 24.8 Å². The van der Waals surface area contributed by atoms with Crippen LogP contribution in [0.3, 0.4) is 0 Å². The van der Waals surface area contributed by atoms with Crippen LogP contribution in [0.25, 0.3) is 5.69 Å². The molecule has 2 aromatic heterocycles. The molecule has 0 N–H and O–H groups in total. The van der Waals surface area contributed by atoms with E-state index in [9.17, 15) is 0 Å². The van der Waals surface area contributed by atoms with Gasteiger partial charge in [0.1, 0.15) is 11.4 Å². The molecule has 0 spiro atoms. The first-order valence-electron chi connectivity index (χ1n) is 9.27. The van der Waals surface area contributed by atoms with Crippen LogP contribution in [0.4, 0.5) is 0 Å². The average Bonchev–Trinajstić information content (AvgIpc) is 3.35. The van der Waals surface area contributed by atoms with E-state index in [2.05, 4.69) is 63.5 Å². The first-order valence-corrected chi connectivity index (χ1v) is 9.27. The van der Waals surface area contributed by atoms with Crippen LogP contribution in [-0.2, 0) is 5.41 Å². The standard InChI is InChI=1S/C22H19N5O/c1-16-2-4-17(5-3-16)22(10-11-22)18-6-8-20(9-7-18)28-21-23-14-19(15-24-21)27-25-12-13-26-27/h2-9,12-15H,10-11H2,1H3. The fourth-order valence-electron chi connectivity index (χ4n) is 3.50. The number of rotatable bonds is 5. The molecule has 2 heterocycles. The Balaban J connectivity index is 1.32. The summed E-state index contributed by atoms with van der Waals surface area (Å²) in [4.78, 5) is 9.93. The van der Waals surface area contributed by atoms with Crippen LogP contribution in [0.1, 0.15) is 29.5 Å². The quantitative estimate of drug-likeness (QED) is 0.526. The van der Waals surface area contributed by atoms with E-state index >= 15 is 0 Å². The van der Waals surface area contributed by atoms with E-state index in [0.29, 0.717) is 17.4 Å². The molecule has 6 heteroatoms. The second-order valence-corrected chi connectivity index (χ2v) is 7.12. The molecule has 1 saturated carbocycles. The Bertz CT molecular complexity index is 1070. The molecule has 0 amide bonds. The number of benzene rings is 2. The molecule has 0 radical (unpaired) electrons. The van der Waals surface area contributed by atoms with Crippen molar-refractivity contribution in [3.63, 3.8) is 0 Å². The lowest BCUT2D eigenvalue weighted by Crippen LogP contribution is -2.08. The predicted octanol–water partition coefficient (Wildman–Crippen LogP) is 4.24. The van der Waals surface area contributed by atoms with Crippen LogP contribution in [0.5, 0.6) is 11.8 Å². The van der Waals surface area contributed by atoms with E-state index in [-0.39, 0.29) is 5.41 Å². The van der Waals surface area contributed by atoms with Gasteiger partial charge in [0, 0.05) is 5.41 Å². The molecule has 138 valence electrons. The smallest absolute Gasteiger partial charge is 0.322 e. The van der Waals surface area contributed by atoms with Gasteiger partial charge >= 0.3 is 6.01 Å². The van der Waals surface area contributed by atoms with Gasteiger partial charge < -0.3 is 4.74 Å².